The SMILES string of the molecule is CCS(=O)c1nc(-c2ccccc2)c(-c2ccccc2)[nH]1. The molecule has 21 heavy (non-hydrogen) atoms. The van der Waals surface area contributed by atoms with Crippen LogP contribution in [-0.2, 0) is 10.8 Å². The lowest BCUT2D eigenvalue weighted by molar-refractivity contribution is 0.678. The average molecular weight is 296 g/mol. The summed E-state index contributed by atoms with van der Waals surface area (Å²) in [7, 11) is -1.09. The van der Waals surface area contributed by atoms with E-state index in [4.69, 9.17) is 0 Å². The Morgan fingerprint density at radius 2 is 1.52 bits per heavy atom. The van der Waals surface area contributed by atoms with E-state index >= 15 is 0 Å². The topological polar surface area (TPSA) is 45.8 Å². The molecule has 3 aromatic rings. The molecule has 0 saturated heterocycles. The van der Waals surface area contributed by atoms with Crippen molar-refractivity contribution in [2.45, 2.75) is 12.1 Å². The van der Waals surface area contributed by atoms with Crippen LogP contribution < -0.4 is 0 Å². The molecule has 106 valence electrons. The van der Waals surface area contributed by atoms with Crippen LogP contribution >= 0.6 is 0 Å². The van der Waals surface area contributed by atoms with E-state index in [9.17, 15) is 4.21 Å². The first-order chi connectivity index (χ1) is 10.3. The van der Waals surface area contributed by atoms with E-state index in [0.29, 0.717) is 10.9 Å². The zero-order valence-electron chi connectivity index (χ0n) is 11.7. The Balaban J connectivity index is 2.18. The maximum atomic E-state index is 12.1. The van der Waals surface area contributed by atoms with Crippen LogP contribution in [0.5, 0.6) is 0 Å². The molecule has 3 nitrogen and oxygen atoms in total. The van der Waals surface area contributed by atoms with Gasteiger partial charge in [0, 0.05) is 16.9 Å². The molecule has 0 aliphatic heterocycles. The molecule has 1 aromatic heterocycles. The van der Waals surface area contributed by atoms with Gasteiger partial charge in [-0.2, -0.15) is 0 Å². The highest BCUT2D eigenvalue weighted by molar-refractivity contribution is 7.84. The standard InChI is InChI=1S/C17H16N2OS/c1-2-21(20)17-18-15(13-9-5-3-6-10-13)16(19-17)14-11-7-4-8-12-14/h3-12H,2H2,1H3,(H,18,19). The van der Waals surface area contributed by atoms with E-state index < -0.39 is 10.8 Å². The number of nitrogens with zero attached hydrogens (tertiary/aromatic N) is 1. The predicted molar refractivity (Wildman–Crippen MR) is 86.4 cm³/mol. The number of hydrogen-bond donors (Lipinski definition) is 1. The van der Waals surface area contributed by atoms with Crippen molar-refractivity contribution in [3.05, 3.63) is 60.7 Å². The van der Waals surface area contributed by atoms with Gasteiger partial charge in [0.15, 0.2) is 5.16 Å². The highest BCUT2D eigenvalue weighted by Crippen LogP contribution is 2.30. The molecule has 0 spiro atoms. The van der Waals surface area contributed by atoms with Crippen molar-refractivity contribution in [1.82, 2.24) is 9.97 Å². The van der Waals surface area contributed by atoms with Gasteiger partial charge in [0.05, 0.1) is 22.2 Å². The normalized spacial score (nSPS) is 12.2. The van der Waals surface area contributed by atoms with Crippen molar-refractivity contribution in [2.75, 3.05) is 5.75 Å². The second kappa shape index (κ2) is 6.06. The Bertz CT molecular complexity index is 694. The Labute approximate surface area is 126 Å². The minimum atomic E-state index is -1.09. The largest absolute Gasteiger partial charge is 0.330 e. The number of aromatic nitrogens is 2. The molecule has 0 radical (unpaired) electrons. The van der Waals surface area contributed by atoms with E-state index in [1.165, 1.54) is 0 Å². The molecule has 0 saturated carbocycles. The second-order valence-corrected chi connectivity index (χ2v) is 6.29. The Kier molecular flexibility index (Phi) is 3.97. The summed E-state index contributed by atoms with van der Waals surface area (Å²) in [6.45, 7) is 1.89. The molecule has 0 amide bonds. The zero-order chi connectivity index (χ0) is 14.7. The number of benzene rings is 2. The summed E-state index contributed by atoms with van der Waals surface area (Å²) >= 11 is 0. The smallest absolute Gasteiger partial charge is 0.197 e. The molecule has 0 fully saturated rings. The fourth-order valence-electron chi connectivity index (χ4n) is 2.21. The van der Waals surface area contributed by atoms with Crippen LogP contribution in [0.3, 0.4) is 0 Å². The Hall–Kier alpha value is -2.20. The average Bonchev–Trinajstić information content (AvgIpc) is 3.01. The summed E-state index contributed by atoms with van der Waals surface area (Å²) in [5, 5.41) is 0.537. The van der Waals surface area contributed by atoms with Gasteiger partial charge in [-0.05, 0) is 0 Å². The summed E-state index contributed by atoms with van der Waals surface area (Å²) in [6, 6.07) is 20.0. The van der Waals surface area contributed by atoms with Crippen LogP contribution in [0.15, 0.2) is 65.8 Å². The van der Waals surface area contributed by atoms with Gasteiger partial charge >= 0.3 is 0 Å². The maximum Gasteiger partial charge on any atom is 0.197 e. The van der Waals surface area contributed by atoms with Crippen molar-refractivity contribution in [3.8, 4) is 22.5 Å². The van der Waals surface area contributed by atoms with Gasteiger partial charge in [-0.15, -0.1) is 0 Å². The zero-order valence-corrected chi connectivity index (χ0v) is 12.6. The first-order valence-corrected chi connectivity index (χ1v) is 8.20. The van der Waals surface area contributed by atoms with Crippen LogP contribution in [0.4, 0.5) is 0 Å². The van der Waals surface area contributed by atoms with Crippen molar-refractivity contribution >= 4 is 10.8 Å². The number of H-pyrrole nitrogens is 1. The quantitative estimate of drug-likeness (QED) is 0.794. The van der Waals surface area contributed by atoms with Gasteiger partial charge in [-0.3, -0.25) is 4.21 Å². The lowest BCUT2D eigenvalue weighted by Crippen LogP contribution is -1.96. The van der Waals surface area contributed by atoms with Gasteiger partial charge in [0.1, 0.15) is 0 Å². The fourth-order valence-corrected chi connectivity index (χ4v) is 2.90. The van der Waals surface area contributed by atoms with Crippen LogP contribution in [-0.4, -0.2) is 19.9 Å². The molecular weight excluding hydrogens is 280 g/mol. The Morgan fingerprint density at radius 3 is 2.10 bits per heavy atom. The number of nitrogens with one attached hydrogen (secondary N) is 1. The maximum absolute atomic E-state index is 12.1. The van der Waals surface area contributed by atoms with E-state index in [2.05, 4.69) is 9.97 Å². The van der Waals surface area contributed by atoms with E-state index in [0.717, 1.165) is 22.5 Å². The molecule has 0 aliphatic rings. The van der Waals surface area contributed by atoms with Crippen molar-refractivity contribution in [1.29, 1.82) is 0 Å². The summed E-state index contributed by atoms with van der Waals surface area (Å²) in [6.07, 6.45) is 0. The van der Waals surface area contributed by atoms with Gasteiger partial charge in [0.2, 0.25) is 0 Å². The van der Waals surface area contributed by atoms with Gasteiger partial charge in [-0.1, -0.05) is 67.6 Å². The third-order valence-corrected chi connectivity index (χ3v) is 4.42. The lowest BCUT2D eigenvalue weighted by atomic mass is 10.1. The first kappa shape index (κ1) is 13.8. The molecular formula is C17H16N2OS. The van der Waals surface area contributed by atoms with E-state index in [-0.39, 0.29) is 0 Å². The van der Waals surface area contributed by atoms with Gasteiger partial charge in [0.25, 0.3) is 0 Å². The fraction of sp³-hybridized carbons (Fsp3) is 0.118. The Morgan fingerprint density at radius 1 is 0.952 bits per heavy atom. The lowest BCUT2D eigenvalue weighted by Gasteiger charge is -2.02. The van der Waals surface area contributed by atoms with Crippen molar-refractivity contribution in [3.63, 3.8) is 0 Å². The molecule has 2 aromatic carbocycles. The summed E-state index contributed by atoms with van der Waals surface area (Å²) in [5.41, 5.74) is 3.83. The summed E-state index contributed by atoms with van der Waals surface area (Å²) in [5.74, 6) is 0.552. The predicted octanol–water partition coefficient (Wildman–Crippen LogP) is 3.87. The van der Waals surface area contributed by atoms with E-state index in [1.54, 1.807) is 0 Å². The minimum Gasteiger partial charge on any atom is -0.330 e. The van der Waals surface area contributed by atoms with Crippen LogP contribution in [0.1, 0.15) is 6.92 Å². The van der Waals surface area contributed by atoms with Gasteiger partial charge in [-0.25, -0.2) is 4.98 Å². The monoisotopic (exact) mass is 296 g/mol. The number of imidazole rings is 1. The third-order valence-electron chi connectivity index (χ3n) is 3.27. The molecule has 3 rings (SSSR count). The first-order valence-electron chi connectivity index (χ1n) is 6.89. The third kappa shape index (κ3) is 2.81. The van der Waals surface area contributed by atoms with E-state index in [1.807, 2.05) is 67.6 Å². The molecule has 1 heterocycles. The summed E-state index contributed by atoms with van der Waals surface area (Å²) in [4.78, 5) is 7.81. The van der Waals surface area contributed by atoms with Crippen LogP contribution in [0, 0.1) is 0 Å². The molecule has 0 bridgehead atoms. The van der Waals surface area contributed by atoms with Gasteiger partial charge < -0.3 is 4.98 Å². The van der Waals surface area contributed by atoms with Crippen LogP contribution in [0.2, 0.25) is 0 Å². The molecule has 0 aliphatic carbocycles. The molecule has 1 unspecified atom stereocenters. The number of rotatable bonds is 4. The molecule has 1 atom stereocenters. The highest BCUT2D eigenvalue weighted by atomic mass is 32.2. The highest BCUT2D eigenvalue weighted by Gasteiger charge is 2.16. The minimum absolute atomic E-state index is 0.537. The molecule has 1 N–H and O–H groups in total. The number of aromatic amines is 1. The van der Waals surface area contributed by atoms with Crippen molar-refractivity contribution in [2.24, 2.45) is 0 Å². The number of hydrogen-bond acceptors (Lipinski definition) is 2. The van der Waals surface area contributed by atoms with Crippen LogP contribution in [0.25, 0.3) is 22.5 Å². The summed E-state index contributed by atoms with van der Waals surface area (Å²) < 4.78 is 12.1. The van der Waals surface area contributed by atoms with Crippen molar-refractivity contribution < 1.29 is 4.21 Å². The molecule has 4 heteroatoms. The second-order valence-electron chi connectivity index (χ2n) is 4.63.